The molecule has 1 amide bonds. The van der Waals surface area contributed by atoms with Gasteiger partial charge in [-0.3, -0.25) is 9.36 Å². The molecule has 0 aliphatic carbocycles. The van der Waals surface area contributed by atoms with Gasteiger partial charge in [-0.25, -0.2) is 4.98 Å². The Hall–Kier alpha value is -2.45. The molecule has 6 nitrogen and oxygen atoms in total. The van der Waals surface area contributed by atoms with Gasteiger partial charge in [0, 0.05) is 23.7 Å². The Morgan fingerprint density at radius 2 is 2.31 bits per heavy atom. The van der Waals surface area contributed by atoms with Gasteiger partial charge in [-0.2, -0.15) is 0 Å². The van der Waals surface area contributed by atoms with E-state index < -0.39 is 0 Å². The SMILES string of the molecule is C=CCn1c(S[C@H](C)C(=O)Nc2nccs2)nnc1-c1cccc(C)c1. The van der Waals surface area contributed by atoms with Gasteiger partial charge in [0.25, 0.3) is 0 Å². The van der Waals surface area contributed by atoms with E-state index in [1.165, 1.54) is 23.1 Å². The molecule has 0 unspecified atom stereocenters. The minimum Gasteiger partial charge on any atom is -0.301 e. The highest BCUT2D eigenvalue weighted by molar-refractivity contribution is 8.00. The molecule has 0 saturated carbocycles. The minimum absolute atomic E-state index is 0.116. The number of carbonyl (C=O) groups is 1. The van der Waals surface area contributed by atoms with Crippen LogP contribution in [0, 0.1) is 6.92 Å². The zero-order chi connectivity index (χ0) is 18.5. The number of anilines is 1. The lowest BCUT2D eigenvalue weighted by molar-refractivity contribution is -0.115. The smallest absolute Gasteiger partial charge is 0.239 e. The Morgan fingerprint density at radius 1 is 1.46 bits per heavy atom. The van der Waals surface area contributed by atoms with Gasteiger partial charge in [0.1, 0.15) is 0 Å². The quantitative estimate of drug-likeness (QED) is 0.491. The average Bonchev–Trinajstić information content (AvgIpc) is 3.26. The first-order valence-electron chi connectivity index (χ1n) is 8.06. The zero-order valence-electron chi connectivity index (χ0n) is 14.5. The second-order valence-corrected chi connectivity index (χ2v) is 7.86. The third-order valence-corrected chi connectivity index (χ3v) is 5.39. The van der Waals surface area contributed by atoms with Gasteiger partial charge in [0.2, 0.25) is 5.91 Å². The highest BCUT2D eigenvalue weighted by atomic mass is 32.2. The van der Waals surface area contributed by atoms with Crippen LogP contribution in [-0.4, -0.2) is 30.9 Å². The lowest BCUT2D eigenvalue weighted by Gasteiger charge is -2.12. The van der Waals surface area contributed by atoms with Crippen molar-refractivity contribution < 1.29 is 4.79 Å². The number of nitrogens with zero attached hydrogens (tertiary/aromatic N) is 4. The number of amides is 1. The first-order chi connectivity index (χ1) is 12.6. The summed E-state index contributed by atoms with van der Waals surface area (Å²) in [5.74, 6) is 0.652. The lowest BCUT2D eigenvalue weighted by Crippen LogP contribution is -2.22. The van der Waals surface area contributed by atoms with Gasteiger partial charge >= 0.3 is 0 Å². The topological polar surface area (TPSA) is 72.7 Å². The van der Waals surface area contributed by atoms with Crippen LogP contribution < -0.4 is 5.32 Å². The fourth-order valence-corrected chi connectivity index (χ4v) is 3.76. The van der Waals surface area contributed by atoms with E-state index in [0.717, 1.165) is 17.0 Å². The van der Waals surface area contributed by atoms with Crippen molar-refractivity contribution >= 4 is 34.1 Å². The van der Waals surface area contributed by atoms with Crippen molar-refractivity contribution in [3.05, 3.63) is 54.1 Å². The van der Waals surface area contributed by atoms with Crippen molar-refractivity contribution in [2.45, 2.75) is 30.8 Å². The van der Waals surface area contributed by atoms with Gasteiger partial charge in [-0.05, 0) is 19.9 Å². The normalized spacial score (nSPS) is 11.9. The molecule has 0 radical (unpaired) electrons. The molecule has 1 aromatic carbocycles. The van der Waals surface area contributed by atoms with Crippen LogP contribution in [0.5, 0.6) is 0 Å². The summed E-state index contributed by atoms with van der Waals surface area (Å²) in [6, 6.07) is 8.10. The number of thioether (sulfide) groups is 1. The maximum Gasteiger partial charge on any atom is 0.239 e. The van der Waals surface area contributed by atoms with Crippen LogP contribution in [0.3, 0.4) is 0 Å². The Kier molecular flexibility index (Phi) is 5.85. The molecule has 1 atom stereocenters. The van der Waals surface area contributed by atoms with E-state index in [-0.39, 0.29) is 11.2 Å². The molecule has 3 aromatic rings. The Morgan fingerprint density at radius 3 is 3.00 bits per heavy atom. The summed E-state index contributed by atoms with van der Waals surface area (Å²) < 4.78 is 1.97. The summed E-state index contributed by atoms with van der Waals surface area (Å²) >= 11 is 2.76. The third-order valence-electron chi connectivity index (χ3n) is 3.62. The number of benzene rings is 1. The standard InChI is InChI=1S/C18H19N5OS2/c1-4-9-23-15(14-7-5-6-12(2)11-14)21-22-18(23)26-13(3)16(24)20-17-19-8-10-25-17/h4-8,10-11,13H,1,9H2,2-3H3,(H,19,20,24)/t13-/m1/s1. The van der Waals surface area contributed by atoms with Crippen LogP contribution in [-0.2, 0) is 11.3 Å². The number of carbonyl (C=O) groups excluding carboxylic acids is 1. The molecule has 1 N–H and O–H groups in total. The van der Waals surface area contributed by atoms with Gasteiger partial charge in [0.15, 0.2) is 16.1 Å². The van der Waals surface area contributed by atoms with E-state index in [2.05, 4.69) is 33.1 Å². The molecule has 8 heteroatoms. The van der Waals surface area contributed by atoms with Crippen molar-refractivity contribution in [2.24, 2.45) is 0 Å². The number of hydrogen-bond acceptors (Lipinski definition) is 6. The maximum absolute atomic E-state index is 12.4. The summed E-state index contributed by atoms with van der Waals surface area (Å²) in [5, 5.41) is 14.2. The van der Waals surface area contributed by atoms with Crippen molar-refractivity contribution in [1.82, 2.24) is 19.7 Å². The molecule has 0 spiro atoms. The maximum atomic E-state index is 12.4. The second-order valence-electron chi connectivity index (χ2n) is 5.66. The van der Waals surface area contributed by atoms with E-state index >= 15 is 0 Å². The average molecular weight is 386 g/mol. The predicted octanol–water partition coefficient (Wildman–Crippen LogP) is 4.02. The molecule has 2 heterocycles. The van der Waals surface area contributed by atoms with Gasteiger partial charge in [-0.15, -0.1) is 28.1 Å². The fraction of sp³-hybridized carbons (Fsp3) is 0.222. The van der Waals surface area contributed by atoms with Crippen LogP contribution in [0.4, 0.5) is 5.13 Å². The first kappa shape index (κ1) is 18.3. The third kappa shape index (κ3) is 4.20. The molecule has 0 bridgehead atoms. The van der Waals surface area contributed by atoms with Gasteiger partial charge in [-0.1, -0.05) is 41.6 Å². The van der Waals surface area contributed by atoms with Crippen LogP contribution >= 0.6 is 23.1 Å². The summed E-state index contributed by atoms with van der Waals surface area (Å²) in [6.45, 7) is 8.27. The largest absolute Gasteiger partial charge is 0.301 e. The van der Waals surface area contributed by atoms with E-state index in [4.69, 9.17) is 0 Å². The Balaban J connectivity index is 1.81. The highest BCUT2D eigenvalue weighted by Gasteiger charge is 2.21. The minimum atomic E-state index is -0.336. The van der Waals surface area contributed by atoms with Crippen LogP contribution in [0.1, 0.15) is 12.5 Å². The first-order valence-corrected chi connectivity index (χ1v) is 9.82. The zero-order valence-corrected chi connectivity index (χ0v) is 16.2. The second kappa shape index (κ2) is 8.29. The Bertz CT molecular complexity index is 904. The molecule has 0 saturated heterocycles. The van der Waals surface area contributed by atoms with Crippen LogP contribution in [0.15, 0.2) is 53.7 Å². The van der Waals surface area contributed by atoms with Crippen molar-refractivity contribution in [1.29, 1.82) is 0 Å². The van der Waals surface area contributed by atoms with E-state index in [0.29, 0.717) is 16.8 Å². The number of hydrogen-bond donors (Lipinski definition) is 1. The van der Waals surface area contributed by atoms with Crippen molar-refractivity contribution in [3.63, 3.8) is 0 Å². The molecule has 26 heavy (non-hydrogen) atoms. The molecule has 134 valence electrons. The molecule has 2 aromatic heterocycles. The molecule has 0 aliphatic rings. The van der Waals surface area contributed by atoms with E-state index in [9.17, 15) is 4.79 Å². The number of aryl methyl sites for hydroxylation is 1. The molecule has 0 aliphatic heterocycles. The number of nitrogens with one attached hydrogen (secondary N) is 1. The Labute approximate surface area is 160 Å². The van der Waals surface area contributed by atoms with Crippen LogP contribution in [0.2, 0.25) is 0 Å². The van der Waals surface area contributed by atoms with Crippen molar-refractivity contribution in [2.75, 3.05) is 5.32 Å². The summed E-state index contributed by atoms with van der Waals surface area (Å²) in [4.78, 5) is 16.4. The lowest BCUT2D eigenvalue weighted by atomic mass is 10.1. The number of rotatable bonds is 7. The fourth-order valence-electron chi connectivity index (χ4n) is 2.37. The van der Waals surface area contributed by atoms with Crippen molar-refractivity contribution in [3.8, 4) is 11.4 Å². The van der Waals surface area contributed by atoms with E-state index in [1.54, 1.807) is 12.3 Å². The molecular formula is C18H19N5OS2. The molecule has 3 rings (SSSR count). The highest BCUT2D eigenvalue weighted by Crippen LogP contribution is 2.28. The van der Waals surface area contributed by atoms with Gasteiger partial charge < -0.3 is 5.32 Å². The predicted molar refractivity (Wildman–Crippen MR) is 106 cm³/mol. The number of aromatic nitrogens is 4. The number of allylic oxidation sites excluding steroid dienone is 1. The van der Waals surface area contributed by atoms with E-state index in [1.807, 2.05) is 42.0 Å². The summed E-state index contributed by atoms with van der Waals surface area (Å²) in [7, 11) is 0. The number of thiazole rings is 1. The van der Waals surface area contributed by atoms with Gasteiger partial charge in [0.05, 0.1) is 5.25 Å². The monoisotopic (exact) mass is 385 g/mol. The summed E-state index contributed by atoms with van der Waals surface area (Å²) in [6.07, 6.45) is 3.46. The van der Waals surface area contributed by atoms with Crippen LogP contribution in [0.25, 0.3) is 11.4 Å². The summed E-state index contributed by atoms with van der Waals surface area (Å²) in [5.41, 5.74) is 2.15. The molecule has 0 fully saturated rings. The molecular weight excluding hydrogens is 366 g/mol.